The van der Waals surface area contributed by atoms with Gasteiger partial charge in [-0.1, -0.05) is 30.3 Å². The van der Waals surface area contributed by atoms with E-state index in [1.807, 2.05) is 12.1 Å². The van der Waals surface area contributed by atoms with Gasteiger partial charge >= 0.3 is 5.97 Å². The van der Waals surface area contributed by atoms with E-state index in [0.29, 0.717) is 5.56 Å². The van der Waals surface area contributed by atoms with Gasteiger partial charge in [0, 0.05) is 18.9 Å². The van der Waals surface area contributed by atoms with Crippen LogP contribution in [0.4, 0.5) is 5.82 Å². The number of benzene rings is 1. The van der Waals surface area contributed by atoms with Crippen molar-refractivity contribution in [1.29, 1.82) is 5.26 Å². The largest absolute Gasteiger partial charge is 0.481 e. The predicted molar refractivity (Wildman–Crippen MR) is 72.1 cm³/mol. The third-order valence-electron chi connectivity index (χ3n) is 2.78. The molecule has 100 valence electrons. The van der Waals surface area contributed by atoms with Crippen molar-refractivity contribution in [3.63, 3.8) is 0 Å². The quantitative estimate of drug-likeness (QED) is 0.855. The van der Waals surface area contributed by atoms with Crippen LogP contribution in [0.2, 0.25) is 0 Å². The van der Waals surface area contributed by atoms with Crippen molar-refractivity contribution >= 4 is 11.8 Å². The number of carboxylic acid groups (broad SMARTS) is 1. The minimum atomic E-state index is -0.939. The molecule has 0 aliphatic rings. The normalized spacial score (nSPS) is 11.3. The van der Waals surface area contributed by atoms with Gasteiger partial charge in [-0.05, 0) is 5.56 Å². The molecule has 0 aliphatic carbocycles. The molecule has 2 N–H and O–H groups in total. The topological polar surface area (TPSA) is 98.9 Å². The Hall–Kier alpha value is -2.94. The second-order valence-electron chi connectivity index (χ2n) is 4.05. The first-order chi connectivity index (χ1) is 9.72. The maximum absolute atomic E-state index is 11.3. The van der Waals surface area contributed by atoms with Crippen LogP contribution < -0.4 is 5.32 Å². The molecule has 1 aromatic heterocycles. The lowest BCUT2D eigenvalue weighted by Crippen LogP contribution is -2.21. The molecule has 0 radical (unpaired) electrons. The molecule has 1 aromatic carbocycles. The third kappa shape index (κ3) is 3.09. The first-order valence-electron chi connectivity index (χ1n) is 5.95. The molecule has 0 amide bonds. The highest BCUT2D eigenvalue weighted by molar-refractivity contribution is 5.77. The van der Waals surface area contributed by atoms with Crippen LogP contribution >= 0.6 is 0 Å². The molecule has 6 heteroatoms. The second-order valence-corrected chi connectivity index (χ2v) is 4.05. The zero-order valence-electron chi connectivity index (χ0n) is 10.5. The van der Waals surface area contributed by atoms with Gasteiger partial charge < -0.3 is 10.4 Å². The first-order valence-corrected chi connectivity index (χ1v) is 5.95. The number of nitrogens with one attached hydrogen (secondary N) is 1. The molecular weight excluding hydrogens is 256 g/mol. The van der Waals surface area contributed by atoms with E-state index in [-0.39, 0.29) is 18.1 Å². The van der Waals surface area contributed by atoms with Crippen LogP contribution in [-0.4, -0.2) is 27.6 Å². The molecule has 2 rings (SSSR count). The molecule has 0 saturated heterocycles. The van der Waals surface area contributed by atoms with Crippen LogP contribution in [0.3, 0.4) is 0 Å². The monoisotopic (exact) mass is 268 g/mol. The van der Waals surface area contributed by atoms with Crippen molar-refractivity contribution in [2.75, 3.05) is 11.9 Å². The fourth-order valence-electron chi connectivity index (χ4n) is 1.78. The fourth-order valence-corrected chi connectivity index (χ4v) is 1.78. The summed E-state index contributed by atoms with van der Waals surface area (Å²) in [5.41, 5.74) is 0.833. The Morgan fingerprint density at radius 2 is 2.00 bits per heavy atom. The lowest BCUT2D eigenvalue weighted by atomic mass is 9.99. The second kappa shape index (κ2) is 6.29. The summed E-state index contributed by atoms with van der Waals surface area (Å²) in [6.45, 7) is 0.132. The smallest absolute Gasteiger partial charge is 0.312 e. The molecular formula is C14H12N4O2. The Kier molecular flexibility index (Phi) is 4.24. The Bertz CT molecular complexity index is 637. The number of aromatic nitrogens is 2. The van der Waals surface area contributed by atoms with Gasteiger partial charge in [-0.2, -0.15) is 5.26 Å². The Morgan fingerprint density at radius 1 is 1.30 bits per heavy atom. The SMILES string of the molecule is N#Cc1nccnc1NCC(C(=O)O)c1ccccc1. The van der Waals surface area contributed by atoms with Crippen LogP contribution in [0, 0.1) is 11.3 Å². The van der Waals surface area contributed by atoms with Crippen LogP contribution in [0.25, 0.3) is 0 Å². The summed E-state index contributed by atoms with van der Waals surface area (Å²) in [5.74, 6) is -1.37. The van der Waals surface area contributed by atoms with E-state index in [2.05, 4.69) is 15.3 Å². The van der Waals surface area contributed by atoms with E-state index >= 15 is 0 Å². The van der Waals surface area contributed by atoms with E-state index < -0.39 is 11.9 Å². The van der Waals surface area contributed by atoms with Gasteiger partial charge in [-0.15, -0.1) is 0 Å². The molecule has 2 aromatic rings. The highest BCUT2D eigenvalue weighted by atomic mass is 16.4. The zero-order valence-corrected chi connectivity index (χ0v) is 10.5. The molecule has 0 fully saturated rings. The Labute approximate surface area is 115 Å². The Morgan fingerprint density at radius 3 is 2.65 bits per heavy atom. The summed E-state index contributed by atoms with van der Waals surface area (Å²) in [6, 6.07) is 10.8. The van der Waals surface area contributed by atoms with E-state index in [1.165, 1.54) is 12.4 Å². The van der Waals surface area contributed by atoms with Crippen molar-refractivity contribution in [2.45, 2.75) is 5.92 Å². The summed E-state index contributed by atoms with van der Waals surface area (Å²) in [7, 11) is 0. The van der Waals surface area contributed by atoms with Crippen LogP contribution in [0.1, 0.15) is 17.2 Å². The summed E-state index contributed by atoms with van der Waals surface area (Å²) in [4.78, 5) is 19.2. The molecule has 1 unspecified atom stereocenters. The number of carboxylic acids is 1. The minimum Gasteiger partial charge on any atom is -0.481 e. The molecule has 6 nitrogen and oxygen atoms in total. The van der Waals surface area contributed by atoms with Gasteiger partial charge in [-0.3, -0.25) is 4.79 Å². The lowest BCUT2D eigenvalue weighted by molar-refractivity contribution is -0.138. The summed E-state index contributed by atoms with van der Waals surface area (Å²) >= 11 is 0. The van der Waals surface area contributed by atoms with Crippen LogP contribution in [0.15, 0.2) is 42.7 Å². The van der Waals surface area contributed by atoms with Crippen LogP contribution in [0.5, 0.6) is 0 Å². The van der Waals surface area contributed by atoms with Crippen molar-refractivity contribution in [3.05, 3.63) is 54.0 Å². The van der Waals surface area contributed by atoms with Crippen molar-refractivity contribution < 1.29 is 9.90 Å². The molecule has 0 spiro atoms. The molecule has 1 atom stereocenters. The van der Waals surface area contributed by atoms with Gasteiger partial charge in [0.25, 0.3) is 0 Å². The molecule has 0 aliphatic heterocycles. The van der Waals surface area contributed by atoms with E-state index in [9.17, 15) is 9.90 Å². The van der Waals surface area contributed by atoms with Crippen molar-refractivity contribution in [2.24, 2.45) is 0 Å². The minimum absolute atomic E-state index is 0.132. The average Bonchev–Trinajstić information content (AvgIpc) is 2.48. The molecule has 1 heterocycles. The number of carbonyl (C=O) groups is 1. The highest BCUT2D eigenvalue weighted by Crippen LogP contribution is 2.17. The van der Waals surface area contributed by atoms with Gasteiger partial charge in [0.15, 0.2) is 11.5 Å². The predicted octanol–water partition coefficient (Wildman–Crippen LogP) is 1.63. The maximum Gasteiger partial charge on any atom is 0.312 e. The average molecular weight is 268 g/mol. The molecule has 20 heavy (non-hydrogen) atoms. The lowest BCUT2D eigenvalue weighted by Gasteiger charge is -2.14. The van der Waals surface area contributed by atoms with Gasteiger partial charge in [0.2, 0.25) is 0 Å². The number of hydrogen-bond acceptors (Lipinski definition) is 5. The third-order valence-corrected chi connectivity index (χ3v) is 2.78. The van der Waals surface area contributed by atoms with Crippen molar-refractivity contribution in [1.82, 2.24) is 9.97 Å². The summed E-state index contributed by atoms with van der Waals surface area (Å²) in [5, 5.41) is 21.1. The van der Waals surface area contributed by atoms with Gasteiger partial charge in [-0.25, -0.2) is 9.97 Å². The zero-order chi connectivity index (χ0) is 14.4. The summed E-state index contributed by atoms with van der Waals surface area (Å²) in [6.07, 6.45) is 2.86. The van der Waals surface area contributed by atoms with Gasteiger partial charge in [0.1, 0.15) is 6.07 Å². The molecule has 0 saturated carbocycles. The van der Waals surface area contributed by atoms with Crippen molar-refractivity contribution in [3.8, 4) is 6.07 Å². The first kappa shape index (κ1) is 13.5. The van der Waals surface area contributed by atoms with Gasteiger partial charge in [0.05, 0.1) is 5.92 Å². The number of aliphatic carboxylic acids is 1. The highest BCUT2D eigenvalue weighted by Gasteiger charge is 2.20. The van der Waals surface area contributed by atoms with E-state index in [4.69, 9.17) is 5.26 Å². The number of rotatable bonds is 5. The van der Waals surface area contributed by atoms with Crippen LogP contribution in [-0.2, 0) is 4.79 Å². The Balaban J connectivity index is 2.15. The van der Waals surface area contributed by atoms with E-state index in [0.717, 1.165) is 0 Å². The number of nitriles is 1. The molecule has 0 bridgehead atoms. The number of anilines is 1. The maximum atomic E-state index is 11.3. The standard InChI is InChI=1S/C14H12N4O2/c15-8-12-13(17-7-6-16-12)18-9-11(14(19)20)10-4-2-1-3-5-10/h1-7,11H,9H2,(H,17,18)(H,19,20). The number of hydrogen-bond donors (Lipinski definition) is 2. The summed E-state index contributed by atoms with van der Waals surface area (Å²) < 4.78 is 0. The van der Waals surface area contributed by atoms with E-state index in [1.54, 1.807) is 24.3 Å². The number of nitrogens with zero attached hydrogens (tertiary/aromatic N) is 3. The fraction of sp³-hybridized carbons (Fsp3) is 0.143.